The van der Waals surface area contributed by atoms with E-state index in [-0.39, 0.29) is 12.1 Å². The van der Waals surface area contributed by atoms with Crippen molar-refractivity contribution in [2.24, 2.45) is 5.73 Å². The zero-order chi connectivity index (χ0) is 18.7. The number of rotatable bonds is 5. The second-order valence-corrected chi connectivity index (χ2v) is 5.63. The first-order valence-corrected chi connectivity index (χ1v) is 7.74. The zero-order valence-corrected chi connectivity index (χ0v) is 13.6. The molecular weight excluding hydrogens is 334 g/mol. The molecule has 0 saturated heterocycles. The first kappa shape index (κ1) is 17.1. The van der Waals surface area contributed by atoms with Crippen molar-refractivity contribution in [3.05, 3.63) is 65.9 Å². The van der Waals surface area contributed by atoms with E-state index >= 15 is 0 Å². The number of carbonyl (C=O) groups excluding carboxylic acids is 2. The molecule has 0 saturated carbocycles. The summed E-state index contributed by atoms with van der Waals surface area (Å²) in [6.07, 6.45) is 1.50. The Hall–Kier alpha value is -3.74. The average molecular weight is 349 g/mol. The summed E-state index contributed by atoms with van der Waals surface area (Å²) in [6, 6.07) is 13.4. The molecule has 0 aliphatic carbocycles. The number of aromatic nitrogens is 1. The number of hydrogen-bond acceptors (Lipinski definition) is 4. The fourth-order valence-corrected chi connectivity index (χ4v) is 2.62. The second-order valence-electron chi connectivity index (χ2n) is 5.63. The number of primary amides is 1. The topological polar surface area (TPSA) is 122 Å². The third-order valence-corrected chi connectivity index (χ3v) is 3.85. The van der Waals surface area contributed by atoms with Crippen molar-refractivity contribution in [2.45, 2.75) is 0 Å². The highest BCUT2D eigenvalue weighted by Crippen LogP contribution is 2.26. The third-order valence-electron chi connectivity index (χ3n) is 3.85. The molecule has 0 fully saturated rings. The Morgan fingerprint density at radius 3 is 2.54 bits per heavy atom. The van der Waals surface area contributed by atoms with Crippen LogP contribution in [0.3, 0.4) is 0 Å². The Kier molecular flexibility index (Phi) is 4.62. The van der Waals surface area contributed by atoms with Gasteiger partial charge < -0.3 is 16.2 Å². The van der Waals surface area contributed by atoms with Gasteiger partial charge in [-0.3, -0.25) is 14.6 Å². The molecule has 1 aromatic heterocycles. The van der Waals surface area contributed by atoms with Crippen LogP contribution in [0.25, 0.3) is 22.0 Å². The van der Waals surface area contributed by atoms with Crippen LogP contribution in [0, 0.1) is 0 Å². The number of hydrogen-bond donors (Lipinski definition) is 3. The fourth-order valence-electron chi connectivity index (χ4n) is 2.62. The molecule has 7 heteroatoms. The van der Waals surface area contributed by atoms with Crippen LogP contribution in [0.15, 0.2) is 54.7 Å². The fraction of sp³-hybridized carbons (Fsp3) is 0.0526. The minimum absolute atomic E-state index is 0.190. The average Bonchev–Trinajstić information content (AvgIpc) is 2.65. The normalized spacial score (nSPS) is 10.5. The second kappa shape index (κ2) is 7.02. The monoisotopic (exact) mass is 349 g/mol. The molecule has 0 unspecified atom stereocenters. The number of aromatic carboxylic acids is 1. The van der Waals surface area contributed by atoms with Crippen LogP contribution in [-0.2, 0) is 4.79 Å². The van der Waals surface area contributed by atoms with E-state index in [1.165, 1.54) is 12.3 Å². The summed E-state index contributed by atoms with van der Waals surface area (Å²) in [7, 11) is 0. The van der Waals surface area contributed by atoms with E-state index in [2.05, 4.69) is 10.3 Å². The number of nitrogens with two attached hydrogens (primary N) is 1. The van der Waals surface area contributed by atoms with Crippen molar-refractivity contribution in [1.82, 2.24) is 10.3 Å². The van der Waals surface area contributed by atoms with Crippen molar-refractivity contribution in [2.75, 3.05) is 6.54 Å². The van der Waals surface area contributed by atoms with Gasteiger partial charge in [0.1, 0.15) is 0 Å². The van der Waals surface area contributed by atoms with E-state index in [9.17, 15) is 14.4 Å². The summed E-state index contributed by atoms with van der Waals surface area (Å²) >= 11 is 0. The molecule has 0 aliphatic rings. The van der Waals surface area contributed by atoms with Gasteiger partial charge >= 0.3 is 5.97 Å². The lowest BCUT2D eigenvalue weighted by molar-refractivity contribution is -0.117. The number of fused-ring (bicyclic) bond motifs is 1. The molecule has 0 atom stereocenters. The predicted octanol–water partition coefficient (Wildman–Crippen LogP) is 1.82. The van der Waals surface area contributed by atoms with Crippen molar-refractivity contribution >= 4 is 28.7 Å². The number of carboxylic acid groups (broad SMARTS) is 1. The largest absolute Gasteiger partial charge is 0.478 e. The predicted molar refractivity (Wildman–Crippen MR) is 95.7 cm³/mol. The highest BCUT2D eigenvalue weighted by Gasteiger charge is 2.12. The Balaban J connectivity index is 2.00. The number of amides is 2. The van der Waals surface area contributed by atoms with Crippen molar-refractivity contribution in [3.8, 4) is 11.1 Å². The number of nitrogens with zero attached hydrogens (tertiary/aromatic N) is 1. The van der Waals surface area contributed by atoms with E-state index in [0.717, 1.165) is 11.1 Å². The zero-order valence-electron chi connectivity index (χ0n) is 13.6. The van der Waals surface area contributed by atoms with Crippen LogP contribution in [0.2, 0.25) is 0 Å². The maximum atomic E-state index is 12.2. The van der Waals surface area contributed by atoms with Crippen molar-refractivity contribution in [1.29, 1.82) is 0 Å². The van der Waals surface area contributed by atoms with Crippen LogP contribution in [-0.4, -0.2) is 34.4 Å². The Labute approximate surface area is 148 Å². The molecule has 0 spiro atoms. The third kappa shape index (κ3) is 3.51. The Morgan fingerprint density at radius 1 is 1.04 bits per heavy atom. The van der Waals surface area contributed by atoms with Crippen LogP contribution < -0.4 is 11.1 Å². The van der Waals surface area contributed by atoms with Gasteiger partial charge in [0, 0.05) is 11.6 Å². The van der Waals surface area contributed by atoms with Gasteiger partial charge in [0.25, 0.3) is 5.91 Å². The van der Waals surface area contributed by atoms with Gasteiger partial charge in [-0.2, -0.15) is 0 Å². The molecule has 2 aromatic carbocycles. The number of carboxylic acids is 1. The summed E-state index contributed by atoms with van der Waals surface area (Å²) in [5.74, 6) is -2.05. The van der Waals surface area contributed by atoms with Crippen LogP contribution in [0.1, 0.15) is 20.7 Å². The molecule has 0 bridgehead atoms. The summed E-state index contributed by atoms with van der Waals surface area (Å²) in [4.78, 5) is 38.5. The first-order valence-electron chi connectivity index (χ1n) is 7.74. The minimum atomic E-state index is -1.00. The molecule has 7 nitrogen and oxygen atoms in total. The summed E-state index contributed by atoms with van der Waals surface area (Å²) in [5.41, 5.74) is 7.70. The summed E-state index contributed by atoms with van der Waals surface area (Å²) < 4.78 is 0. The molecule has 26 heavy (non-hydrogen) atoms. The SMILES string of the molecule is NC(=O)CNC(=O)c1ccnc2cc(-c3cccc(C(=O)O)c3)ccc12. The minimum Gasteiger partial charge on any atom is -0.478 e. The highest BCUT2D eigenvalue weighted by molar-refractivity contribution is 6.07. The van der Waals surface area contributed by atoms with E-state index in [1.54, 1.807) is 42.5 Å². The van der Waals surface area contributed by atoms with Gasteiger partial charge in [-0.1, -0.05) is 24.3 Å². The molecule has 130 valence electrons. The number of carbonyl (C=O) groups is 3. The lowest BCUT2D eigenvalue weighted by Gasteiger charge is -2.09. The van der Waals surface area contributed by atoms with Gasteiger partial charge in [0.2, 0.25) is 5.91 Å². The molecule has 3 aromatic rings. The standard InChI is InChI=1S/C19H15N3O4/c20-17(23)10-22-18(24)15-6-7-21-16-9-12(4-5-14(15)16)11-2-1-3-13(8-11)19(25)26/h1-9H,10H2,(H2,20,23)(H,22,24)(H,25,26). The lowest BCUT2D eigenvalue weighted by Crippen LogP contribution is -2.33. The van der Waals surface area contributed by atoms with E-state index < -0.39 is 17.8 Å². The number of benzene rings is 2. The molecule has 0 aliphatic heterocycles. The van der Waals surface area contributed by atoms with Gasteiger partial charge in [0.05, 0.1) is 23.2 Å². The smallest absolute Gasteiger partial charge is 0.335 e. The Bertz CT molecular complexity index is 1030. The maximum absolute atomic E-state index is 12.2. The van der Waals surface area contributed by atoms with Crippen molar-refractivity contribution in [3.63, 3.8) is 0 Å². The first-order chi connectivity index (χ1) is 12.5. The van der Waals surface area contributed by atoms with Gasteiger partial charge in [0.15, 0.2) is 0 Å². The van der Waals surface area contributed by atoms with Crippen molar-refractivity contribution < 1.29 is 19.5 Å². The molecule has 1 heterocycles. The number of pyridine rings is 1. The van der Waals surface area contributed by atoms with Crippen LogP contribution in [0.4, 0.5) is 0 Å². The quantitative estimate of drug-likeness (QED) is 0.648. The molecule has 2 amide bonds. The molecule has 4 N–H and O–H groups in total. The van der Waals surface area contributed by atoms with Gasteiger partial charge in [-0.15, -0.1) is 0 Å². The van der Waals surface area contributed by atoms with Gasteiger partial charge in [-0.05, 0) is 35.4 Å². The Morgan fingerprint density at radius 2 is 1.81 bits per heavy atom. The van der Waals surface area contributed by atoms with E-state index in [1.807, 2.05) is 0 Å². The maximum Gasteiger partial charge on any atom is 0.335 e. The van der Waals surface area contributed by atoms with E-state index in [4.69, 9.17) is 10.8 Å². The summed E-state index contributed by atoms with van der Waals surface area (Å²) in [5, 5.41) is 12.2. The number of nitrogens with one attached hydrogen (secondary N) is 1. The highest BCUT2D eigenvalue weighted by atomic mass is 16.4. The van der Waals surface area contributed by atoms with Crippen LogP contribution >= 0.6 is 0 Å². The lowest BCUT2D eigenvalue weighted by atomic mass is 10.00. The molecule has 0 radical (unpaired) electrons. The van der Waals surface area contributed by atoms with Gasteiger partial charge in [-0.25, -0.2) is 4.79 Å². The summed E-state index contributed by atoms with van der Waals surface area (Å²) in [6.45, 7) is -0.247. The van der Waals surface area contributed by atoms with E-state index in [0.29, 0.717) is 16.5 Å². The molecular formula is C19H15N3O4. The molecule has 3 rings (SSSR count). The van der Waals surface area contributed by atoms with Crippen LogP contribution in [0.5, 0.6) is 0 Å².